The summed E-state index contributed by atoms with van der Waals surface area (Å²) in [4.78, 5) is 5.33. The predicted octanol–water partition coefficient (Wildman–Crippen LogP) is 0.315. The molecule has 0 aromatic carbocycles. The van der Waals surface area contributed by atoms with Gasteiger partial charge in [-0.1, -0.05) is 12.2 Å². The molecule has 1 fully saturated rings. The summed E-state index contributed by atoms with van der Waals surface area (Å²) in [5.41, 5.74) is 5.60. The first-order valence-corrected chi connectivity index (χ1v) is 6.33. The van der Waals surface area contributed by atoms with Gasteiger partial charge in [-0.15, -0.1) is 0 Å². The lowest BCUT2D eigenvalue weighted by Crippen LogP contribution is -2.45. The molecule has 1 aliphatic heterocycles. The van der Waals surface area contributed by atoms with E-state index in [-0.39, 0.29) is 0 Å². The van der Waals surface area contributed by atoms with Crippen LogP contribution in [0.5, 0.6) is 0 Å². The van der Waals surface area contributed by atoms with Crippen molar-refractivity contribution in [2.24, 2.45) is 5.73 Å². The third-order valence-corrected chi connectivity index (χ3v) is 3.03. The van der Waals surface area contributed by atoms with E-state index < -0.39 is 0 Å². The van der Waals surface area contributed by atoms with E-state index in [2.05, 4.69) is 23.6 Å². The van der Waals surface area contributed by atoms with Gasteiger partial charge >= 0.3 is 0 Å². The Labute approximate surface area is 104 Å². The predicted molar refractivity (Wildman–Crippen MR) is 70.8 cm³/mol. The molecule has 4 nitrogen and oxygen atoms in total. The second kappa shape index (κ2) is 7.17. The molecule has 0 unspecified atom stereocenters. The molecule has 0 amide bonds. The number of hydrogen-bond acceptors (Lipinski definition) is 4. The molecule has 0 bridgehead atoms. The van der Waals surface area contributed by atoms with E-state index in [9.17, 15) is 0 Å². The van der Waals surface area contributed by atoms with Gasteiger partial charge in [-0.3, -0.25) is 9.80 Å². The fourth-order valence-electron chi connectivity index (χ4n) is 1.81. The van der Waals surface area contributed by atoms with Crippen molar-refractivity contribution in [1.29, 1.82) is 0 Å². The Kier molecular flexibility index (Phi) is 6.20. The van der Waals surface area contributed by atoms with Crippen LogP contribution in [-0.4, -0.2) is 66.8 Å². The van der Waals surface area contributed by atoms with E-state index in [4.69, 9.17) is 22.7 Å². The first kappa shape index (κ1) is 13.8. The molecular weight excluding hydrogens is 222 g/mol. The molecule has 0 spiro atoms. The first-order chi connectivity index (χ1) is 7.59. The van der Waals surface area contributed by atoms with Crippen LogP contribution in [0.15, 0.2) is 0 Å². The lowest BCUT2D eigenvalue weighted by Gasteiger charge is -2.31. The van der Waals surface area contributed by atoms with Crippen molar-refractivity contribution in [3.8, 4) is 0 Å². The quantitative estimate of drug-likeness (QED) is 0.682. The minimum atomic E-state index is 0.488. The number of thiocarbonyl (C=S) groups is 1. The summed E-state index contributed by atoms with van der Waals surface area (Å²) in [7, 11) is 0. The number of hydrogen-bond donors (Lipinski definition) is 1. The third-order valence-electron chi connectivity index (χ3n) is 2.90. The Balaban J connectivity index is 2.28. The molecule has 5 heteroatoms. The van der Waals surface area contributed by atoms with E-state index in [0.717, 1.165) is 45.9 Å². The normalized spacial score (nSPS) is 18.2. The molecule has 2 N–H and O–H groups in total. The van der Waals surface area contributed by atoms with Gasteiger partial charge in [0.05, 0.1) is 18.2 Å². The molecule has 0 aromatic rings. The molecule has 16 heavy (non-hydrogen) atoms. The van der Waals surface area contributed by atoms with Gasteiger partial charge in [0.1, 0.15) is 0 Å². The van der Waals surface area contributed by atoms with Crippen LogP contribution in [0.1, 0.15) is 13.8 Å². The number of ether oxygens (including phenoxy) is 1. The number of nitrogens with two attached hydrogens (primary N) is 1. The second-order valence-electron chi connectivity index (χ2n) is 4.48. The van der Waals surface area contributed by atoms with E-state index in [0.29, 0.717) is 11.0 Å². The summed E-state index contributed by atoms with van der Waals surface area (Å²) in [5.74, 6) is 0. The Hall–Kier alpha value is -0.230. The largest absolute Gasteiger partial charge is 0.392 e. The summed E-state index contributed by atoms with van der Waals surface area (Å²) < 4.78 is 5.32. The molecule has 0 aliphatic carbocycles. The average Bonchev–Trinajstić information content (AvgIpc) is 2.25. The van der Waals surface area contributed by atoms with E-state index in [1.165, 1.54) is 0 Å². The fraction of sp³-hybridized carbons (Fsp3) is 0.909. The van der Waals surface area contributed by atoms with Gasteiger partial charge in [-0.05, 0) is 13.8 Å². The van der Waals surface area contributed by atoms with Gasteiger partial charge < -0.3 is 10.5 Å². The highest BCUT2D eigenvalue weighted by molar-refractivity contribution is 7.80. The van der Waals surface area contributed by atoms with Crippen molar-refractivity contribution in [2.75, 3.05) is 45.9 Å². The minimum Gasteiger partial charge on any atom is -0.392 e. The molecule has 0 atom stereocenters. The molecule has 0 aromatic heterocycles. The molecule has 1 aliphatic rings. The Morgan fingerprint density at radius 3 is 2.56 bits per heavy atom. The van der Waals surface area contributed by atoms with Crippen LogP contribution >= 0.6 is 12.2 Å². The van der Waals surface area contributed by atoms with Crippen molar-refractivity contribution in [3.63, 3.8) is 0 Å². The van der Waals surface area contributed by atoms with Gasteiger partial charge in [-0.25, -0.2) is 0 Å². The topological polar surface area (TPSA) is 41.7 Å². The SMILES string of the molecule is CC(C)N(CCN1CCOCC1)CC(N)=S. The average molecular weight is 245 g/mol. The van der Waals surface area contributed by atoms with Crippen molar-refractivity contribution in [2.45, 2.75) is 19.9 Å². The maximum atomic E-state index is 5.60. The summed E-state index contributed by atoms with van der Waals surface area (Å²) in [6, 6.07) is 0.488. The summed E-state index contributed by atoms with van der Waals surface area (Å²) in [5, 5.41) is 0. The van der Waals surface area contributed by atoms with Gasteiger partial charge in [0.25, 0.3) is 0 Å². The highest BCUT2D eigenvalue weighted by atomic mass is 32.1. The van der Waals surface area contributed by atoms with Crippen LogP contribution in [-0.2, 0) is 4.74 Å². The lowest BCUT2D eigenvalue weighted by molar-refractivity contribution is 0.0327. The molecular formula is C11H23N3OS. The van der Waals surface area contributed by atoms with Crippen molar-refractivity contribution in [1.82, 2.24) is 9.80 Å². The van der Waals surface area contributed by atoms with E-state index in [1.54, 1.807) is 0 Å². The zero-order valence-electron chi connectivity index (χ0n) is 10.3. The number of rotatable bonds is 6. The van der Waals surface area contributed by atoms with E-state index >= 15 is 0 Å². The molecule has 1 heterocycles. The summed E-state index contributed by atoms with van der Waals surface area (Å²) in [6.45, 7) is 11.0. The summed E-state index contributed by atoms with van der Waals surface area (Å²) >= 11 is 4.96. The first-order valence-electron chi connectivity index (χ1n) is 5.92. The van der Waals surface area contributed by atoms with Gasteiger partial charge in [0.15, 0.2) is 0 Å². The van der Waals surface area contributed by atoms with Crippen molar-refractivity contribution in [3.05, 3.63) is 0 Å². The van der Waals surface area contributed by atoms with Crippen molar-refractivity contribution >= 4 is 17.2 Å². The van der Waals surface area contributed by atoms with Crippen molar-refractivity contribution < 1.29 is 4.74 Å². The monoisotopic (exact) mass is 245 g/mol. The number of nitrogens with zero attached hydrogens (tertiary/aromatic N) is 2. The maximum Gasteiger partial charge on any atom is 0.0870 e. The fourth-order valence-corrected chi connectivity index (χ4v) is 1.98. The van der Waals surface area contributed by atoms with Crippen LogP contribution in [0.4, 0.5) is 0 Å². The molecule has 94 valence electrons. The maximum absolute atomic E-state index is 5.60. The molecule has 0 radical (unpaired) electrons. The Bertz CT molecular complexity index is 217. The summed E-state index contributed by atoms with van der Waals surface area (Å²) in [6.07, 6.45) is 0. The smallest absolute Gasteiger partial charge is 0.0870 e. The van der Waals surface area contributed by atoms with Crippen LogP contribution in [0.3, 0.4) is 0 Å². The van der Waals surface area contributed by atoms with Crippen LogP contribution in [0, 0.1) is 0 Å². The van der Waals surface area contributed by atoms with Gasteiger partial charge in [-0.2, -0.15) is 0 Å². The number of morpholine rings is 1. The van der Waals surface area contributed by atoms with Gasteiger partial charge in [0.2, 0.25) is 0 Å². The Morgan fingerprint density at radius 2 is 2.06 bits per heavy atom. The highest BCUT2D eigenvalue weighted by Gasteiger charge is 2.14. The standard InChI is InChI=1S/C11H23N3OS/c1-10(2)14(9-11(12)16)4-3-13-5-7-15-8-6-13/h10H,3-9H2,1-2H3,(H2,12,16). The highest BCUT2D eigenvalue weighted by Crippen LogP contribution is 2.01. The second-order valence-corrected chi connectivity index (χ2v) is 5.01. The molecule has 0 saturated carbocycles. The lowest BCUT2D eigenvalue weighted by atomic mass is 10.3. The van der Waals surface area contributed by atoms with Crippen LogP contribution < -0.4 is 5.73 Å². The van der Waals surface area contributed by atoms with Crippen LogP contribution in [0.25, 0.3) is 0 Å². The minimum absolute atomic E-state index is 0.488. The zero-order valence-corrected chi connectivity index (χ0v) is 11.1. The Morgan fingerprint density at radius 1 is 1.44 bits per heavy atom. The third kappa shape index (κ3) is 5.21. The van der Waals surface area contributed by atoms with Crippen LogP contribution in [0.2, 0.25) is 0 Å². The zero-order chi connectivity index (χ0) is 12.0. The molecule has 1 rings (SSSR count). The van der Waals surface area contributed by atoms with E-state index in [1.807, 2.05) is 0 Å². The molecule has 1 saturated heterocycles. The van der Waals surface area contributed by atoms with Gasteiger partial charge in [0, 0.05) is 38.8 Å².